The first-order chi connectivity index (χ1) is 13.8. The summed E-state index contributed by atoms with van der Waals surface area (Å²) in [6.45, 7) is 5.83. The minimum Gasteiger partial charge on any atom is -0.368 e. The maximum absolute atomic E-state index is 12.8. The van der Waals surface area contributed by atoms with Gasteiger partial charge in [0.2, 0.25) is 5.91 Å². The minimum absolute atomic E-state index is 0.111. The van der Waals surface area contributed by atoms with Gasteiger partial charge in [-0.25, -0.2) is 0 Å². The van der Waals surface area contributed by atoms with Crippen LogP contribution in [0.5, 0.6) is 0 Å². The topological polar surface area (TPSA) is 65.5 Å². The molecule has 0 radical (unpaired) electrons. The Bertz CT molecular complexity index is 922. The molecule has 0 spiro atoms. The van der Waals surface area contributed by atoms with Gasteiger partial charge in [0.05, 0.1) is 11.1 Å². The lowest BCUT2D eigenvalue weighted by molar-refractivity contribution is -0.137. The first-order valence-corrected chi connectivity index (χ1v) is 8.88. The number of carbonyl (C=O) groups excluding carboxylic acids is 2. The summed E-state index contributed by atoms with van der Waals surface area (Å²) >= 11 is 0. The highest BCUT2D eigenvalue weighted by Crippen LogP contribution is 2.29. The Hall–Kier alpha value is -3.36. The fourth-order valence-corrected chi connectivity index (χ4v) is 3.02. The summed E-state index contributed by atoms with van der Waals surface area (Å²) in [6, 6.07) is 7.77. The van der Waals surface area contributed by atoms with Crippen molar-refractivity contribution in [2.45, 2.75) is 6.18 Å². The number of alkyl halides is 3. The van der Waals surface area contributed by atoms with Crippen molar-refractivity contribution in [1.82, 2.24) is 9.88 Å². The van der Waals surface area contributed by atoms with E-state index in [4.69, 9.17) is 0 Å². The standard InChI is InChI=1S/C20H19F3N4O2/c1-2-18(28)27-8-6-26(7-9-27)17-5-3-4-16(11-17)25-19(29)14-10-15(13-24-12-14)20(21,22)23/h2-5,10-13H,1,6-9H2,(H,25,29). The number of carbonyl (C=O) groups is 2. The van der Waals surface area contributed by atoms with Crippen molar-refractivity contribution in [1.29, 1.82) is 0 Å². The van der Waals surface area contributed by atoms with Crippen LogP contribution in [0.2, 0.25) is 0 Å². The Labute approximate surface area is 165 Å². The van der Waals surface area contributed by atoms with Crippen LogP contribution in [0.3, 0.4) is 0 Å². The third-order valence-electron chi connectivity index (χ3n) is 4.56. The second kappa shape index (κ2) is 8.34. The zero-order valence-corrected chi connectivity index (χ0v) is 15.4. The van der Waals surface area contributed by atoms with Crippen LogP contribution in [0.25, 0.3) is 0 Å². The largest absolute Gasteiger partial charge is 0.417 e. The molecule has 1 N–H and O–H groups in total. The van der Waals surface area contributed by atoms with Crippen molar-refractivity contribution in [3.05, 3.63) is 66.5 Å². The maximum Gasteiger partial charge on any atom is 0.417 e. The molecule has 0 atom stereocenters. The molecule has 9 heteroatoms. The third kappa shape index (κ3) is 4.92. The number of nitrogens with zero attached hydrogens (tertiary/aromatic N) is 3. The van der Waals surface area contributed by atoms with Crippen LogP contribution >= 0.6 is 0 Å². The van der Waals surface area contributed by atoms with Gasteiger partial charge in [-0.15, -0.1) is 0 Å². The van der Waals surface area contributed by atoms with E-state index < -0.39 is 17.6 Å². The van der Waals surface area contributed by atoms with E-state index in [0.717, 1.165) is 18.0 Å². The average Bonchev–Trinajstić information content (AvgIpc) is 2.73. The molecule has 3 rings (SSSR count). The lowest BCUT2D eigenvalue weighted by Crippen LogP contribution is -2.48. The molecule has 29 heavy (non-hydrogen) atoms. The number of hydrogen-bond acceptors (Lipinski definition) is 4. The van der Waals surface area contributed by atoms with Crippen LogP contribution in [0, 0.1) is 0 Å². The Morgan fingerprint density at radius 1 is 1.10 bits per heavy atom. The van der Waals surface area contributed by atoms with E-state index in [9.17, 15) is 22.8 Å². The molecule has 2 amide bonds. The summed E-state index contributed by atoms with van der Waals surface area (Å²) in [5.74, 6) is -0.789. The monoisotopic (exact) mass is 404 g/mol. The number of halogens is 3. The normalized spacial score (nSPS) is 14.4. The van der Waals surface area contributed by atoms with Crippen LogP contribution in [0.4, 0.5) is 24.5 Å². The molecule has 1 aromatic heterocycles. The van der Waals surface area contributed by atoms with Gasteiger partial charge in [0.1, 0.15) is 0 Å². The predicted molar refractivity (Wildman–Crippen MR) is 103 cm³/mol. The molecular formula is C20H19F3N4O2. The van der Waals surface area contributed by atoms with E-state index >= 15 is 0 Å². The highest BCUT2D eigenvalue weighted by atomic mass is 19.4. The molecule has 1 fully saturated rings. The SMILES string of the molecule is C=CC(=O)N1CCN(c2cccc(NC(=O)c3cncc(C(F)(F)F)c3)c2)CC1. The van der Waals surface area contributed by atoms with E-state index in [-0.39, 0.29) is 11.5 Å². The molecule has 2 heterocycles. The lowest BCUT2D eigenvalue weighted by Gasteiger charge is -2.35. The van der Waals surface area contributed by atoms with Gasteiger partial charge in [0.25, 0.3) is 5.91 Å². The number of piperazine rings is 1. The van der Waals surface area contributed by atoms with E-state index in [0.29, 0.717) is 38.1 Å². The van der Waals surface area contributed by atoms with Crippen molar-refractivity contribution in [3.63, 3.8) is 0 Å². The molecular weight excluding hydrogens is 385 g/mol. The molecule has 1 aliphatic rings. The molecule has 1 saturated heterocycles. The summed E-state index contributed by atoms with van der Waals surface area (Å²) in [5.41, 5.74) is 0.137. The Kier molecular flexibility index (Phi) is 5.86. The van der Waals surface area contributed by atoms with Crippen LogP contribution in [0.1, 0.15) is 15.9 Å². The summed E-state index contributed by atoms with van der Waals surface area (Å²) in [4.78, 5) is 31.3. The van der Waals surface area contributed by atoms with Gasteiger partial charge in [0, 0.05) is 49.9 Å². The number of pyridine rings is 1. The van der Waals surface area contributed by atoms with Crippen LogP contribution in [-0.4, -0.2) is 47.9 Å². The molecule has 152 valence electrons. The smallest absolute Gasteiger partial charge is 0.368 e. The molecule has 6 nitrogen and oxygen atoms in total. The number of nitrogens with one attached hydrogen (secondary N) is 1. The quantitative estimate of drug-likeness (QED) is 0.795. The number of anilines is 2. The number of benzene rings is 1. The second-order valence-corrected chi connectivity index (χ2v) is 6.48. The van der Waals surface area contributed by atoms with Gasteiger partial charge in [0.15, 0.2) is 0 Å². The van der Waals surface area contributed by atoms with Gasteiger partial charge < -0.3 is 15.1 Å². The zero-order valence-electron chi connectivity index (χ0n) is 15.4. The molecule has 2 aromatic rings. The first-order valence-electron chi connectivity index (χ1n) is 8.88. The van der Waals surface area contributed by atoms with Crippen LogP contribution in [0.15, 0.2) is 55.4 Å². The fourth-order valence-electron chi connectivity index (χ4n) is 3.02. The molecule has 1 aromatic carbocycles. The molecule has 1 aliphatic heterocycles. The van der Waals surface area contributed by atoms with Gasteiger partial charge in [-0.1, -0.05) is 12.6 Å². The van der Waals surface area contributed by atoms with Crippen molar-refractivity contribution < 1.29 is 22.8 Å². The second-order valence-electron chi connectivity index (χ2n) is 6.48. The van der Waals surface area contributed by atoms with E-state index in [1.165, 1.54) is 6.08 Å². The predicted octanol–water partition coefficient (Wildman–Crippen LogP) is 3.19. The molecule has 0 bridgehead atoms. The summed E-state index contributed by atoms with van der Waals surface area (Å²) < 4.78 is 38.4. The van der Waals surface area contributed by atoms with Crippen molar-refractivity contribution in [3.8, 4) is 0 Å². The number of amides is 2. The zero-order chi connectivity index (χ0) is 21.0. The Morgan fingerprint density at radius 2 is 1.83 bits per heavy atom. The van der Waals surface area contributed by atoms with Crippen molar-refractivity contribution in [2.24, 2.45) is 0 Å². The van der Waals surface area contributed by atoms with E-state index in [1.807, 2.05) is 6.07 Å². The summed E-state index contributed by atoms with van der Waals surface area (Å²) in [6.07, 6.45) is -1.52. The highest BCUT2D eigenvalue weighted by molar-refractivity contribution is 6.04. The van der Waals surface area contributed by atoms with Gasteiger partial charge >= 0.3 is 6.18 Å². The Balaban J connectivity index is 1.68. The fraction of sp³-hybridized carbons (Fsp3) is 0.250. The van der Waals surface area contributed by atoms with Crippen molar-refractivity contribution in [2.75, 3.05) is 36.4 Å². The van der Waals surface area contributed by atoms with Crippen LogP contribution in [-0.2, 0) is 11.0 Å². The number of aromatic nitrogens is 1. The van der Waals surface area contributed by atoms with E-state index in [1.54, 1.807) is 23.1 Å². The van der Waals surface area contributed by atoms with Gasteiger partial charge in [-0.05, 0) is 30.3 Å². The van der Waals surface area contributed by atoms with E-state index in [2.05, 4.69) is 21.8 Å². The van der Waals surface area contributed by atoms with Crippen molar-refractivity contribution >= 4 is 23.2 Å². The first kappa shape index (κ1) is 20.4. The van der Waals surface area contributed by atoms with Crippen LogP contribution < -0.4 is 10.2 Å². The minimum atomic E-state index is -4.57. The molecule has 0 saturated carbocycles. The maximum atomic E-state index is 12.8. The molecule has 0 aliphatic carbocycles. The third-order valence-corrected chi connectivity index (χ3v) is 4.56. The Morgan fingerprint density at radius 3 is 2.48 bits per heavy atom. The number of rotatable bonds is 4. The van der Waals surface area contributed by atoms with Gasteiger partial charge in [-0.3, -0.25) is 14.6 Å². The summed E-state index contributed by atoms with van der Waals surface area (Å²) in [5, 5.41) is 2.60. The highest BCUT2D eigenvalue weighted by Gasteiger charge is 2.31. The average molecular weight is 404 g/mol. The number of hydrogen-bond donors (Lipinski definition) is 1. The lowest BCUT2D eigenvalue weighted by atomic mass is 10.1. The van der Waals surface area contributed by atoms with Gasteiger partial charge in [-0.2, -0.15) is 13.2 Å². The summed E-state index contributed by atoms with van der Waals surface area (Å²) in [7, 11) is 0. The molecule has 0 unspecified atom stereocenters.